The molecule has 0 bridgehead atoms. The molecule has 0 aliphatic carbocycles. The Hall–Kier alpha value is -1.34. The standard InChI is InChI=1S/C14H25NO6/c1-6-19-14(20-7-2)8-10(11(16)17)15(9-14)12(18)21-13(3,4)5/h10H,6-9H2,1-5H3,(H,16,17). The van der Waals surface area contributed by atoms with Crippen LogP contribution in [0.3, 0.4) is 0 Å². The summed E-state index contributed by atoms with van der Waals surface area (Å²) in [6, 6.07) is -1.02. The Morgan fingerprint density at radius 3 is 2.14 bits per heavy atom. The van der Waals surface area contributed by atoms with Gasteiger partial charge in [0.05, 0.1) is 6.54 Å². The highest BCUT2D eigenvalue weighted by Crippen LogP contribution is 2.33. The molecule has 0 aromatic carbocycles. The maximum Gasteiger partial charge on any atom is 0.411 e. The molecule has 7 heteroatoms. The molecule has 122 valence electrons. The van der Waals surface area contributed by atoms with Crippen molar-refractivity contribution in [1.29, 1.82) is 0 Å². The van der Waals surface area contributed by atoms with E-state index in [1.165, 1.54) is 4.90 Å². The Labute approximate surface area is 125 Å². The average Bonchev–Trinajstić information content (AvgIpc) is 2.68. The van der Waals surface area contributed by atoms with Crippen LogP contribution < -0.4 is 0 Å². The van der Waals surface area contributed by atoms with Gasteiger partial charge in [-0.3, -0.25) is 4.90 Å². The van der Waals surface area contributed by atoms with Crippen molar-refractivity contribution >= 4 is 12.1 Å². The van der Waals surface area contributed by atoms with Crippen molar-refractivity contribution in [2.24, 2.45) is 0 Å². The van der Waals surface area contributed by atoms with Gasteiger partial charge in [0, 0.05) is 19.6 Å². The largest absolute Gasteiger partial charge is 0.480 e. The number of carbonyl (C=O) groups excluding carboxylic acids is 1. The molecule has 21 heavy (non-hydrogen) atoms. The quantitative estimate of drug-likeness (QED) is 0.780. The lowest BCUT2D eigenvalue weighted by atomic mass is 10.1. The number of rotatable bonds is 5. The molecular weight excluding hydrogens is 278 g/mol. The molecule has 0 aromatic rings. The van der Waals surface area contributed by atoms with Crippen LogP contribution in [0.1, 0.15) is 41.0 Å². The van der Waals surface area contributed by atoms with Gasteiger partial charge in [-0.05, 0) is 34.6 Å². The van der Waals surface area contributed by atoms with Crippen molar-refractivity contribution in [2.75, 3.05) is 19.8 Å². The van der Waals surface area contributed by atoms with Crippen LogP contribution in [0, 0.1) is 0 Å². The second-order valence-electron chi connectivity index (χ2n) is 5.94. The van der Waals surface area contributed by atoms with Crippen LogP contribution in [-0.4, -0.2) is 59.3 Å². The number of carboxylic acids is 1. The predicted molar refractivity (Wildman–Crippen MR) is 75.0 cm³/mol. The number of carbonyl (C=O) groups is 2. The molecule has 1 N–H and O–H groups in total. The molecule has 1 unspecified atom stereocenters. The number of amides is 1. The van der Waals surface area contributed by atoms with Crippen LogP contribution >= 0.6 is 0 Å². The zero-order valence-electron chi connectivity index (χ0n) is 13.3. The zero-order chi connectivity index (χ0) is 16.3. The number of hydrogen-bond donors (Lipinski definition) is 1. The minimum Gasteiger partial charge on any atom is -0.480 e. The van der Waals surface area contributed by atoms with Gasteiger partial charge in [0.25, 0.3) is 0 Å². The normalized spacial score (nSPS) is 21.4. The van der Waals surface area contributed by atoms with Crippen LogP contribution in [0.4, 0.5) is 4.79 Å². The summed E-state index contributed by atoms with van der Waals surface area (Å²) in [5.41, 5.74) is -0.692. The summed E-state index contributed by atoms with van der Waals surface area (Å²) < 4.78 is 16.4. The summed E-state index contributed by atoms with van der Waals surface area (Å²) in [4.78, 5) is 24.8. The highest BCUT2D eigenvalue weighted by atomic mass is 16.7. The topological polar surface area (TPSA) is 85.3 Å². The van der Waals surface area contributed by atoms with Gasteiger partial charge < -0.3 is 19.3 Å². The number of carboxylic acid groups (broad SMARTS) is 1. The van der Waals surface area contributed by atoms with E-state index in [0.29, 0.717) is 13.2 Å². The van der Waals surface area contributed by atoms with E-state index in [2.05, 4.69) is 0 Å². The second-order valence-corrected chi connectivity index (χ2v) is 5.94. The second kappa shape index (κ2) is 6.62. The molecule has 1 aliphatic heterocycles. The number of likely N-dealkylation sites (tertiary alicyclic amines) is 1. The Kier molecular flexibility index (Phi) is 5.58. The molecule has 1 rings (SSSR count). The summed E-state index contributed by atoms with van der Waals surface area (Å²) in [6.07, 6.45) is -0.584. The molecule has 1 fully saturated rings. The van der Waals surface area contributed by atoms with E-state index in [0.717, 1.165) is 0 Å². The third-order valence-electron chi connectivity index (χ3n) is 3.02. The molecule has 1 aliphatic rings. The fraction of sp³-hybridized carbons (Fsp3) is 0.857. The highest BCUT2D eigenvalue weighted by molar-refractivity contribution is 5.81. The van der Waals surface area contributed by atoms with E-state index >= 15 is 0 Å². The predicted octanol–water partition coefficient (Wildman–Crippen LogP) is 1.85. The fourth-order valence-electron chi connectivity index (χ4n) is 2.35. The number of hydrogen-bond acceptors (Lipinski definition) is 5. The van der Waals surface area contributed by atoms with E-state index in [-0.39, 0.29) is 13.0 Å². The van der Waals surface area contributed by atoms with E-state index in [1.54, 1.807) is 34.6 Å². The van der Waals surface area contributed by atoms with Gasteiger partial charge in [0.2, 0.25) is 0 Å². The molecule has 0 aromatic heterocycles. The van der Waals surface area contributed by atoms with Gasteiger partial charge in [-0.15, -0.1) is 0 Å². The van der Waals surface area contributed by atoms with Crippen LogP contribution in [0.25, 0.3) is 0 Å². The molecule has 1 atom stereocenters. The van der Waals surface area contributed by atoms with Crippen LogP contribution in [0.5, 0.6) is 0 Å². The first-order valence-electron chi connectivity index (χ1n) is 7.14. The maximum absolute atomic E-state index is 12.2. The number of aliphatic carboxylic acids is 1. The lowest BCUT2D eigenvalue weighted by Gasteiger charge is -2.29. The summed E-state index contributed by atoms with van der Waals surface area (Å²) in [7, 11) is 0. The minimum atomic E-state index is -1.10. The van der Waals surface area contributed by atoms with Crippen LogP contribution in [0.2, 0.25) is 0 Å². The van der Waals surface area contributed by atoms with Crippen molar-refractivity contribution in [3.05, 3.63) is 0 Å². The van der Waals surface area contributed by atoms with Crippen LogP contribution in [-0.2, 0) is 19.0 Å². The molecule has 0 saturated carbocycles. The van der Waals surface area contributed by atoms with Gasteiger partial charge in [0.1, 0.15) is 11.6 Å². The Bertz CT molecular complexity index is 383. The minimum absolute atomic E-state index is 0.0422. The van der Waals surface area contributed by atoms with E-state index in [1.807, 2.05) is 0 Å². The number of ether oxygens (including phenoxy) is 3. The highest BCUT2D eigenvalue weighted by Gasteiger charge is 2.51. The summed E-state index contributed by atoms with van der Waals surface area (Å²) in [5, 5.41) is 9.34. The smallest absolute Gasteiger partial charge is 0.411 e. The number of nitrogens with zero attached hydrogens (tertiary/aromatic N) is 1. The van der Waals surface area contributed by atoms with Gasteiger partial charge in [-0.2, -0.15) is 0 Å². The van der Waals surface area contributed by atoms with Gasteiger partial charge in [-0.1, -0.05) is 0 Å². The van der Waals surface area contributed by atoms with Crippen molar-refractivity contribution in [2.45, 2.75) is 58.5 Å². The Morgan fingerprint density at radius 1 is 1.24 bits per heavy atom. The van der Waals surface area contributed by atoms with Gasteiger partial charge in [0.15, 0.2) is 5.79 Å². The van der Waals surface area contributed by atoms with Crippen molar-refractivity contribution in [3.8, 4) is 0 Å². The first-order valence-corrected chi connectivity index (χ1v) is 7.14. The molecule has 1 amide bonds. The molecule has 1 heterocycles. The Balaban J connectivity index is 2.95. The molecule has 0 radical (unpaired) electrons. The molecule has 0 spiro atoms. The summed E-state index contributed by atoms with van der Waals surface area (Å²) in [5.74, 6) is -2.18. The lowest BCUT2D eigenvalue weighted by Crippen LogP contribution is -2.45. The zero-order valence-corrected chi connectivity index (χ0v) is 13.3. The van der Waals surface area contributed by atoms with Crippen molar-refractivity contribution in [1.82, 2.24) is 4.90 Å². The van der Waals surface area contributed by atoms with E-state index in [4.69, 9.17) is 14.2 Å². The molecular formula is C14H25NO6. The first-order chi connectivity index (χ1) is 9.64. The van der Waals surface area contributed by atoms with E-state index in [9.17, 15) is 14.7 Å². The van der Waals surface area contributed by atoms with Gasteiger partial charge in [-0.25, -0.2) is 9.59 Å². The SMILES string of the molecule is CCOC1(OCC)CC(C(=O)O)N(C(=O)OC(C)(C)C)C1. The molecule has 7 nitrogen and oxygen atoms in total. The third-order valence-corrected chi connectivity index (χ3v) is 3.02. The maximum atomic E-state index is 12.2. The monoisotopic (exact) mass is 303 g/mol. The van der Waals surface area contributed by atoms with E-state index < -0.39 is 29.5 Å². The summed E-state index contributed by atoms with van der Waals surface area (Å²) >= 11 is 0. The fourth-order valence-corrected chi connectivity index (χ4v) is 2.35. The third kappa shape index (κ3) is 4.57. The summed E-state index contributed by atoms with van der Waals surface area (Å²) in [6.45, 7) is 9.57. The van der Waals surface area contributed by atoms with Gasteiger partial charge >= 0.3 is 12.1 Å². The molecule has 1 saturated heterocycles. The average molecular weight is 303 g/mol. The van der Waals surface area contributed by atoms with Crippen LogP contribution in [0.15, 0.2) is 0 Å². The lowest BCUT2D eigenvalue weighted by molar-refractivity contribution is -0.223. The van der Waals surface area contributed by atoms with Crippen molar-refractivity contribution < 1.29 is 28.9 Å². The Morgan fingerprint density at radius 2 is 1.76 bits per heavy atom. The first kappa shape index (κ1) is 17.7. The van der Waals surface area contributed by atoms with Crippen molar-refractivity contribution in [3.63, 3.8) is 0 Å².